The summed E-state index contributed by atoms with van der Waals surface area (Å²) in [7, 11) is 2.22. The summed E-state index contributed by atoms with van der Waals surface area (Å²) >= 11 is 0. The molecule has 0 aliphatic carbocycles. The quantitative estimate of drug-likeness (QED) is 0.132. The van der Waals surface area contributed by atoms with Gasteiger partial charge in [0.25, 0.3) is 5.91 Å². The van der Waals surface area contributed by atoms with Crippen molar-refractivity contribution >= 4 is 29.5 Å². The van der Waals surface area contributed by atoms with E-state index in [0.29, 0.717) is 22.4 Å². The number of carbonyl (C=O) groups is 4. The fourth-order valence-corrected chi connectivity index (χ4v) is 4.67. The molecule has 0 heterocycles. The highest BCUT2D eigenvalue weighted by Crippen LogP contribution is 2.32. The van der Waals surface area contributed by atoms with E-state index >= 15 is 0 Å². The van der Waals surface area contributed by atoms with Crippen LogP contribution in [0.15, 0.2) is 103 Å². The van der Waals surface area contributed by atoms with Gasteiger partial charge in [-0.2, -0.15) is 13.2 Å². The average Bonchev–Trinajstić information content (AvgIpc) is 3.05. The Hall–Kier alpha value is -5.45. The molecule has 4 rings (SSSR count). The number of halogens is 3. The van der Waals surface area contributed by atoms with E-state index < -0.39 is 47.6 Å². The van der Waals surface area contributed by atoms with Gasteiger partial charge < -0.3 is 19.5 Å². The van der Waals surface area contributed by atoms with Crippen molar-refractivity contribution in [3.63, 3.8) is 0 Å². The van der Waals surface area contributed by atoms with Gasteiger partial charge in [-0.05, 0) is 52.6 Å². The monoisotopic (exact) mass is 619 g/mol. The molecule has 1 N–H and O–H groups in total. The highest BCUT2D eigenvalue weighted by molar-refractivity contribution is 6.09. The van der Waals surface area contributed by atoms with Crippen molar-refractivity contribution in [2.24, 2.45) is 0 Å². The van der Waals surface area contributed by atoms with Gasteiger partial charge in [-0.15, -0.1) is 0 Å². The lowest BCUT2D eigenvalue weighted by atomic mass is 9.81. The molecule has 45 heavy (non-hydrogen) atoms. The van der Waals surface area contributed by atoms with Crippen LogP contribution in [0.2, 0.25) is 0 Å². The average molecular weight is 620 g/mol. The first-order valence-electron chi connectivity index (χ1n) is 13.5. The number of alkyl halides is 3. The van der Waals surface area contributed by atoms with Gasteiger partial charge in [-0.25, -0.2) is 0 Å². The molecule has 0 unspecified atom stereocenters. The topological polar surface area (TPSA) is 108 Å². The van der Waals surface area contributed by atoms with Crippen LogP contribution >= 0.6 is 0 Å². The maximum atomic E-state index is 13.1. The summed E-state index contributed by atoms with van der Waals surface area (Å²) in [4.78, 5) is 51.5. The second-order valence-corrected chi connectivity index (χ2v) is 9.86. The first-order chi connectivity index (χ1) is 21.5. The van der Waals surface area contributed by atoms with E-state index in [-0.39, 0.29) is 17.5 Å². The first-order valence-corrected chi connectivity index (χ1v) is 13.5. The molecule has 232 valence electrons. The third-order valence-electron chi connectivity index (χ3n) is 7.04. The third kappa shape index (κ3) is 7.38. The Labute approximate surface area is 256 Å². The Morgan fingerprint density at radius 3 is 1.84 bits per heavy atom. The van der Waals surface area contributed by atoms with E-state index in [4.69, 9.17) is 14.2 Å². The number of hydrogen-bond acceptors (Lipinski definition) is 7. The maximum Gasteiger partial charge on any atom is 0.416 e. The molecule has 4 aromatic carbocycles. The Morgan fingerprint density at radius 2 is 1.27 bits per heavy atom. The van der Waals surface area contributed by atoms with E-state index in [1.54, 1.807) is 66.7 Å². The van der Waals surface area contributed by atoms with Crippen LogP contribution in [0.3, 0.4) is 0 Å². The highest BCUT2D eigenvalue weighted by Gasteiger charge is 2.51. The van der Waals surface area contributed by atoms with Crippen molar-refractivity contribution in [1.29, 1.82) is 0 Å². The summed E-state index contributed by atoms with van der Waals surface area (Å²) in [5.74, 6) is -3.12. The summed E-state index contributed by atoms with van der Waals surface area (Å²) in [5, 5.41) is 2.75. The molecule has 0 saturated heterocycles. The van der Waals surface area contributed by atoms with Crippen LogP contribution in [0.1, 0.15) is 27.0 Å². The molecule has 0 fully saturated rings. The molecule has 0 spiro atoms. The van der Waals surface area contributed by atoms with E-state index in [1.807, 2.05) is 0 Å². The van der Waals surface area contributed by atoms with Gasteiger partial charge in [-0.1, -0.05) is 72.8 Å². The summed E-state index contributed by atoms with van der Waals surface area (Å²) in [6.07, 6.45) is -4.69. The molecule has 0 radical (unpaired) electrons. The van der Waals surface area contributed by atoms with Gasteiger partial charge >= 0.3 is 24.1 Å². The molecule has 1 amide bonds. The maximum absolute atomic E-state index is 13.1. The number of carbonyl (C=O) groups excluding carboxylic acids is 4. The van der Waals surface area contributed by atoms with Crippen molar-refractivity contribution < 1.29 is 46.6 Å². The normalized spacial score (nSPS) is 11.3. The van der Waals surface area contributed by atoms with Crippen LogP contribution in [-0.2, 0) is 46.6 Å². The van der Waals surface area contributed by atoms with Crippen LogP contribution in [0, 0.1) is 0 Å². The van der Waals surface area contributed by atoms with Gasteiger partial charge in [0, 0.05) is 11.3 Å². The van der Waals surface area contributed by atoms with Gasteiger partial charge in [0.2, 0.25) is 5.41 Å². The predicted molar refractivity (Wildman–Crippen MR) is 158 cm³/mol. The van der Waals surface area contributed by atoms with Gasteiger partial charge in [0.05, 0.1) is 26.2 Å². The molecule has 0 aliphatic heterocycles. The molecule has 0 aromatic heterocycles. The number of nitrogens with one attached hydrogen (secondary N) is 1. The number of esters is 3. The van der Waals surface area contributed by atoms with Crippen LogP contribution in [0.4, 0.5) is 18.9 Å². The molecule has 0 atom stereocenters. The summed E-state index contributed by atoms with van der Waals surface area (Å²) in [6, 6.07) is 25.3. The zero-order chi connectivity index (χ0) is 32.6. The Morgan fingerprint density at radius 1 is 0.689 bits per heavy atom. The molecule has 0 saturated carbocycles. The van der Waals surface area contributed by atoms with E-state index in [2.05, 4.69) is 5.32 Å². The molecule has 0 bridgehead atoms. The van der Waals surface area contributed by atoms with Crippen molar-refractivity contribution in [2.45, 2.75) is 18.0 Å². The summed E-state index contributed by atoms with van der Waals surface area (Å²) in [5.41, 5.74) is -0.514. The van der Waals surface area contributed by atoms with Crippen LogP contribution < -0.4 is 5.32 Å². The highest BCUT2D eigenvalue weighted by atomic mass is 19.4. The number of hydrogen-bond donors (Lipinski definition) is 1. The third-order valence-corrected chi connectivity index (χ3v) is 7.04. The molecule has 4 aromatic rings. The van der Waals surface area contributed by atoms with Gasteiger partial charge in [0.1, 0.15) is 6.61 Å². The number of rotatable bonds is 10. The number of ether oxygens (including phenoxy) is 3. The largest absolute Gasteiger partial charge is 0.468 e. The smallest absolute Gasteiger partial charge is 0.416 e. The number of methoxy groups -OCH3 is 2. The summed E-state index contributed by atoms with van der Waals surface area (Å²) in [6.45, 7) is -0.651. The molecular weight excluding hydrogens is 591 g/mol. The molecule has 0 aliphatic rings. The fraction of sp³-hybridized carbons (Fsp3) is 0.176. The second-order valence-electron chi connectivity index (χ2n) is 9.86. The first kappa shape index (κ1) is 32.5. The van der Waals surface area contributed by atoms with E-state index in [9.17, 15) is 32.3 Å². The standard InChI is InChI=1S/C34H28F3NO7/c1-43-31(41)33(32(42)44-2,24-8-4-3-5-9-24)21-45-29(39)20-22-12-18-26(19-13-22)38-30(40)28-11-7-6-10-27(28)23-14-16-25(17-15-23)34(35,36)37/h3-19H,20-21H2,1-2H3,(H,38,40). The molecule has 8 nitrogen and oxygen atoms in total. The van der Waals surface area contributed by atoms with Crippen molar-refractivity contribution in [2.75, 3.05) is 26.1 Å². The molecule has 11 heteroatoms. The number of amides is 1. The Bertz CT molecular complexity index is 1650. The lowest BCUT2D eigenvalue weighted by Crippen LogP contribution is -2.49. The van der Waals surface area contributed by atoms with Gasteiger partial charge in [-0.3, -0.25) is 19.2 Å². The van der Waals surface area contributed by atoms with Crippen LogP contribution in [-0.4, -0.2) is 44.6 Å². The lowest BCUT2D eigenvalue weighted by molar-refractivity contribution is -0.167. The van der Waals surface area contributed by atoms with E-state index in [1.165, 1.54) is 24.3 Å². The minimum absolute atomic E-state index is 0.210. The summed E-state index contributed by atoms with van der Waals surface area (Å²) < 4.78 is 54.0. The van der Waals surface area contributed by atoms with E-state index in [0.717, 1.165) is 26.4 Å². The Kier molecular flexibility index (Phi) is 10.0. The van der Waals surface area contributed by atoms with Crippen LogP contribution in [0.5, 0.6) is 0 Å². The minimum Gasteiger partial charge on any atom is -0.468 e. The Balaban J connectivity index is 1.43. The minimum atomic E-state index is -4.48. The lowest BCUT2D eigenvalue weighted by Gasteiger charge is -2.28. The van der Waals surface area contributed by atoms with Crippen LogP contribution in [0.25, 0.3) is 11.1 Å². The van der Waals surface area contributed by atoms with Crippen molar-refractivity contribution in [3.8, 4) is 11.1 Å². The predicted octanol–water partition coefficient (Wildman–Crippen LogP) is 5.99. The zero-order valence-electron chi connectivity index (χ0n) is 24.2. The fourth-order valence-electron chi connectivity index (χ4n) is 4.67. The number of anilines is 1. The van der Waals surface area contributed by atoms with Crippen molar-refractivity contribution in [1.82, 2.24) is 0 Å². The van der Waals surface area contributed by atoms with Crippen molar-refractivity contribution in [3.05, 3.63) is 125 Å². The second kappa shape index (κ2) is 13.9. The SMILES string of the molecule is COC(=O)C(COC(=O)Cc1ccc(NC(=O)c2ccccc2-c2ccc(C(F)(F)F)cc2)cc1)(C(=O)OC)c1ccccc1. The molecular formula is C34H28F3NO7. The zero-order valence-corrected chi connectivity index (χ0v) is 24.2. The van der Waals surface area contributed by atoms with Gasteiger partial charge in [0.15, 0.2) is 0 Å². The number of benzene rings is 4.